The summed E-state index contributed by atoms with van der Waals surface area (Å²) in [7, 11) is 0. The van der Waals surface area contributed by atoms with Crippen molar-refractivity contribution >= 4 is 5.95 Å². The van der Waals surface area contributed by atoms with E-state index in [-0.39, 0.29) is 5.75 Å². The first-order chi connectivity index (χ1) is 9.24. The SMILES string of the molecule is Cc1ccc(O)c(-c2nc(N3CCOCC3)no2)c1. The van der Waals surface area contributed by atoms with Gasteiger partial charge in [-0.05, 0) is 24.2 Å². The van der Waals surface area contributed by atoms with Gasteiger partial charge >= 0.3 is 0 Å². The van der Waals surface area contributed by atoms with Crippen molar-refractivity contribution in [3.63, 3.8) is 0 Å². The predicted molar refractivity (Wildman–Crippen MR) is 69.2 cm³/mol. The second kappa shape index (κ2) is 4.89. The topological polar surface area (TPSA) is 71.6 Å². The van der Waals surface area contributed by atoms with Crippen molar-refractivity contribution in [1.29, 1.82) is 0 Å². The molecule has 1 aliphatic heterocycles. The molecule has 1 aromatic carbocycles. The standard InChI is InChI=1S/C13H15N3O3/c1-9-2-3-11(17)10(8-9)12-14-13(15-19-12)16-4-6-18-7-5-16/h2-3,8,17H,4-7H2,1H3. The lowest BCUT2D eigenvalue weighted by Gasteiger charge is -2.24. The molecule has 0 aliphatic carbocycles. The van der Waals surface area contributed by atoms with Crippen LogP contribution in [-0.2, 0) is 4.74 Å². The minimum Gasteiger partial charge on any atom is -0.507 e. The maximum Gasteiger partial charge on any atom is 0.266 e. The number of anilines is 1. The average molecular weight is 261 g/mol. The molecular formula is C13H15N3O3. The fraction of sp³-hybridized carbons (Fsp3) is 0.385. The molecule has 1 fully saturated rings. The van der Waals surface area contributed by atoms with Crippen molar-refractivity contribution in [3.8, 4) is 17.2 Å². The summed E-state index contributed by atoms with van der Waals surface area (Å²) >= 11 is 0. The highest BCUT2D eigenvalue weighted by molar-refractivity contribution is 5.63. The highest BCUT2D eigenvalue weighted by Crippen LogP contribution is 2.29. The van der Waals surface area contributed by atoms with Crippen LogP contribution in [0, 0.1) is 6.92 Å². The van der Waals surface area contributed by atoms with Crippen molar-refractivity contribution in [1.82, 2.24) is 10.1 Å². The molecule has 100 valence electrons. The summed E-state index contributed by atoms with van der Waals surface area (Å²) in [5, 5.41) is 13.8. The van der Waals surface area contributed by atoms with Gasteiger partial charge in [-0.1, -0.05) is 11.6 Å². The maximum absolute atomic E-state index is 9.85. The Morgan fingerprint density at radius 1 is 1.26 bits per heavy atom. The minimum absolute atomic E-state index is 0.141. The Bertz CT molecular complexity index is 576. The van der Waals surface area contributed by atoms with Crippen molar-refractivity contribution in [2.75, 3.05) is 31.2 Å². The zero-order valence-electron chi connectivity index (χ0n) is 10.7. The molecule has 0 radical (unpaired) electrons. The quantitative estimate of drug-likeness (QED) is 0.885. The van der Waals surface area contributed by atoms with Crippen LogP contribution in [0.5, 0.6) is 5.75 Å². The Morgan fingerprint density at radius 3 is 2.84 bits per heavy atom. The molecule has 1 aliphatic rings. The lowest BCUT2D eigenvalue weighted by Crippen LogP contribution is -2.36. The maximum atomic E-state index is 9.85. The van der Waals surface area contributed by atoms with Crippen LogP contribution in [0.25, 0.3) is 11.5 Å². The van der Waals surface area contributed by atoms with Crippen LogP contribution in [-0.4, -0.2) is 41.6 Å². The lowest BCUT2D eigenvalue weighted by atomic mass is 10.1. The van der Waals surface area contributed by atoms with Gasteiger partial charge in [0.05, 0.1) is 18.8 Å². The molecule has 0 spiro atoms. The summed E-state index contributed by atoms with van der Waals surface area (Å²) in [4.78, 5) is 6.34. The molecule has 1 aromatic heterocycles. The van der Waals surface area contributed by atoms with Gasteiger partial charge in [0, 0.05) is 13.1 Å². The first kappa shape index (κ1) is 12.0. The van der Waals surface area contributed by atoms with Gasteiger partial charge in [-0.15, -0.1) is 0 Å². The van der Waals surface area contributed by atoms with Crippen LogP contribution in [0.4, 0.5) is 5.95 Å². The molecule has 0 amide bonds. The van der Waals surface area contributed by atoms with Crippen molar-refractivity contribution in [3.05, 3.63) is 23.8 Å². The van der Waals surface area contributed by atoms with Crippen LogP contribution in [0.3, 0.4) is 0 Å². The van der Waals surface area contributed by atoms with E-state index in [0.717, 1.165) is 18.7 Å². The Balaban J connectivity index is 1.89. The number of phenolic OH excluding ortho intramolecular Hbond substituents is 1. The number of phenols is 1. The number of aromatic nitrogens is 2. The van der Waals surface area contributed by atoms with E-state index in [2.05, 4.69) is 10.1 Å². The van der Waals surface area contributed by atoms with E-state index < -0.39 is 0 Å². The molecule has 2 heterocycles. The summed E-state index contributed by atoms with van der Waals surface area (Å²) in [6.07, 6.45) is 0. The Hall–Kier alpha value is -2.08. The van der Waals surface area contributed by atoms with E-state index in [1.54, 1.807) is 6.07 Å². The van der Waals surface area contributed by atoms with Gasteiger partial charge in [-0.2, -0.15) is 4.98 Å². The average Bonchev–Trinajstić information content (AvgIpc) is 2.92. The zero-order chi connectivity index (χ0) is 13.2. The van der Waals surface area contributed by atoms with Gasteiger partial charge in [0.15, 0.2) is 0 Å². The number of rotatable bonds is 2. The number of aryl methyl sites for hydroxylation is 1. The third kappa shape index (κ3) is 2.39. The molecule has 0 bridgehead atoms. The van der Waals surface area contributed by atoms with E-state index in [0.29, 0.717) is 30.6 Å². The van der Waals surface area contributed by atoms with Crippen LogP contribution in [0.15, 0.2) is 22.7 Å². The van der Waals surface area contributed by atoms with Gasteiger partial charge in [0.25, 0.3) is 11.8 Å². The highest BCUT2D eigenvalue weighted by atomic mass is 16.5. The minimum atomic E-state index is 0.141. The van der Waals surface area contributed by atoms with Gasteiger partial charge in [-0.3, -0.25) is 0 Å². The number of nitrogens with zero attached hydrogens (tertiary/aromatic N) is 3. The molecule has 3 rings (SSSR count). The number of aromatic hydroxyl groups is 1. The number of benzene rings is 1. The molecule has 6 heteroatoms. The molecule has 0 unspecified atom stereocenters. The van der Waals surface area contributed by atoms with Crippen LogP contribution >= 0.6 is 0 Å². The Kier molecular flexibility index (Phi) is 3.08. The fourth-order valence-electron chi connectivity index (χ4n) is 2.04. The number of hydrogen-bond acceptors (Lipinski definition) is 6. The second-order valence-corrected chi connectivity index (χ2v) is 4.52. The number of morpholine rings is 1. The van der Waals surface area contributed by atoms with E-state index in [1.165, 1.54) is 0 Å². The third-order valence-electron chi connectivity index (χ3n) is 3.09. The Labute approximate surface area is 110 Å². The lowest BCUT2D eigenvalue weighted by molar-refractivity contribution is 0.121. The van der Waals surface area contributed by atoms with E-state index in [9.17, 15) is 5.11 Å². The Morgan fingerprint density at radius 2 is 2.05 bits per heavy atom. The van der Waals surface area contributed by atoms with Crippen molar-refractivity contribution in [2.24, 2.45) is 0 Å². The van der Waals surface area contributed by atoms with Crippen LogP contribution in [0.1, 0.15) is 5.56 Å². The molecule has 0 saturated carbocycles. The normalized spacial score (nSPS) is 15.7. The van der Waals surface area contributed by atoms with E-state index in [4.69, 9.17) is 9.26 Å². The predicted octanol–water partition coefficient (Wildman–Crippen LogP) is 1.59. The molecule has 2 aromatic rings. The summed E-state index contributed by atoms with van der Waals surface area (Å²) in [5.41, 5.74) is 1.59. The highest BCUT2D eigenvalue weighted by Gasteiger charge is 2.19. The molecule has 1 saturated heterocycles. The molecule has 0 atom stereocenters. The number of ether oxygens (including phenoxy) is 1. The van der Waals surface area contributed by atoms with Crippen molar-refractivity contribution in [2.45, 2.75) is 6.92 Å². The monoisotopic (exact) mass is 261 g/mol. The van der Waals surface area contributed by atoms with E-state index >= 15 is 0 Å². The second-order valence-electron chi connectivity index (χ2n) is 4.52. The molecular weight excluding hydrogens is 246 g/mol. The van der Waals surface area contributed by atoms with Gasteiger partial charge < -0.3 is 19.3 Å². The summed E-state index contributed by atoms with van der Waals surface area (Å²) in [6, 6.07) is 5.29. The van der Waals surface area contributed by atoms with Crippen molar-refractivity contribution < 1.29 is 14.4 Å². The van der Waals surface area contributed by atoms with Crippen LogP contribution < -0.4 is 4.90 Å². The fourth-order valence-corrected chi connectivity index (χ4v) is 2.04. The zero-order valence-corrected chi connectivity index (χ0v) is 10.7. The molecule has 1 N–H and O–H groups in total. The third-order valence-corrected chi connectivity index (χ3v) is 3.09. The van der Waals surface area contributed by atoms with E-state index in [1.807, 2.05) is 24.0 Å². The summed E-state index contributed by atoms with van der Waals surface area (Å²) in [5.74, 6) is 1.02. The smallest absolute Gasteiger partial charge is 0.266 e. The van der Waals surface area contributed by atoms with Crippen LogP contribution in [0.2, 0.25) is 0 Å². The first-order valence-electron chi connectivity index (χ1n) is 6.20. The molecule has 19 heavy (non-hydrogen) atoms. The number of hydrogen-bond donors (Lipinski definition) is 1. The largest absolute Gasteiger partial charge is 0.507 e. The van der Waals surface area contributed by atoms with Gasteiger partial charge in [-0.25, -0.2) is 0 Å². The molecule has 6 nitrogen and oxygen atoms in total. The first-order valence-corrected chi connectivity index (χ1v) is 6.20. The summed E-state index contributed by atoms with van der Waals surface area (Å²) < 4.78 is 10.5. The van der Waals surface area contributed by atoms with Gasteiger partial charge in [0.1, 0.15) is 5.75 Å². The summed E-state index contributed by atoms with van der Waals surface area (Å²) in [6.45, 7) is 4.78. The van der Waals surface area contributed by atoms with Gasteiger partial charge in [0.2, 0.25) is 0 Å².